The molecule has 0 N–H and O–H groups in total. The number of hydrogen-bond acceptors (Lipinski definition) is 3. The molecule has 0 spiro atoms. The van der Waals surface area contributed by atoms with Gasteiger partial charge in [-0.25, -0.2) is 0 Å². The van der Waals surface area contributed by atoms with Crippen LogP contribution in [0, 0.1) is 5.41 Å². The van der Waals surface area contributed by atoms with E-state index in [-0.39, 0.29) is 5.41 Å². The van der Waals surface area contributed by atoms with Gasteiger partial charge < -0.3 is 14.2 Å². The normalized spacial score (nSPS) is 14.8. The van der Waals surface area contributed by atoms with Crippen molar-refractivity contribution in [3.63, 3.8) is 0 Å². The van der Waals surface area contributed by atoms with Gasteiger partial charge in [0.05, 0.1) is 5.41 Å². The molecule has 0 aliphatic carbocycles. The molecule has 0 amide bonds. The summed E-state index contributed by atoms with van der Waals surface area (Å²) >= 11 is 0. The Morgan fingerprint density at radius 1 is 0.542 bits per heavy atom. The van der Waals surface area contributed by atoms with Crippen molar-refractivity contribution in [3.05, 3.63) is 0 Å². The van der Waals surface area contributed by atoms with Crippen molar-refractivity contribution in [1.29, 1.82) is 0 Å². The van der Waals surface area contributed by atoms with E-state index < -0.39 is 5.97 Å². The Bertz CT molecular complexity index is 263. The van der Waals surface area contributed by atoms with Gasteiger partial charge in [0.15, 0.2) is 0 Å². The molecule has 146 valence electrons. The summed E-state index contributed by atoms with van der Waals surface area (Å²) in [4.78, 5) is 0. The van der Waals surface area contributed by atoms with E-state index in [1.54, 1.807) is 0 Å². The number of hydrogen-bond donors (Lipinski definition) is 0. The molecule has 1 unspecified atom stereocenters. The van der Waals surface area contributed by atoms with E-state index in [1.807, 2.05) is 20.8 Å². The molecule has 0 aliphatic rings. The van der Waals surface area contributed by atoms with Crippen LogP contribution in [-0.2, 0) is 14.2 Å². The first-order valence-electron chi connectivity index (χ1n) is 10.5. The van der Waals surface area contributed by atoms with Gasteiger partial charge in [0.2, 0.25) is 0 Å². The molecule has 0 saturated heterocycles. The highest BCUT2D eigenvalue weighted by Crippen LogP contribution is 2.48. The van der Waals surface area contributed by atoms with Gasteiger partial charge in [0, 0.05) is 19.8 Å². The highest BCUT2D eigenvalue weighted by molar-refractivity contribution is 4.88. The van der Waals surface area contributed by atoms with Gasteiger partial charge in [-0.2, -0.15) is 0 Å². The highest BCUT2D eigenvalue weighted by Gasteiger charge is 2.52. The summed E-state index contributed by atoms with van der Waals surface area (Å²) in [7, 11) is 0. The quantitative estimate of drug-likeness (QED) is 0.217. The predicted molar refractivity (Wildman–Crippen MR) is 103 cm³/mol. The van der Waals surface area contributed by atoms with E-state index in [4.69, 9.17) is 14.2 Å². The summed E-state index contributed by atoms with van der Waals surface area (Å²) in [6.07, 6.45) is 12.2. The Balaban J connectivity index is 5.16. The first-order valence-corrected chi connectivity index (χ1v) is 10.5. The molecule has 0 aromatic heterocycles. The zero-order chi connectivity index (χ0) is 18.3. The van der Waals surface area contributed by atoms with Crippen LogP contribution in [0.2, 0.25) is 0 Å². The molecule has 1 atom stereocenters. The van der Waals surface area contributed by atoms with E-state index in [0.717, 1.165) is 25.7 Å². The van der Waals surface area contributed by atoms with E-state index >= 15 is 0 Å². The lowest BCUT2D eigenvalue weighted by Crippen LogP contribution is -2.54. The standard InChI is InChI=1S/C21H44O3/c1-7-13-14-15-16-17-19-20(9-3,18-8-2)21(22-10-4,23-11-5)24-12-6/h7-19H2,1-6H3. The molecule has 0 aromatic rings. The average molecular weight is 345 g/mol. The van der Waals surface area contributed by atoms with Crippen LogP contribution in [0.1, 0.15) is 106 Å². The van der Waals surface area contributed by atoms with Crippen molar-refractivity contribution < 1.29 is 14.2 Å². The van der Waals surface area contributed by atoms with E-state index in [1.165, 1.54) is 38.5 Å². The Labute approximate surface area is 151 Å². The van der Waals surface area contributed by atoms with Gasteiger partial charge in [-0.15, -0.1) is 0 Å². The lowest BCUT2D eigenvalue weighted by molar-refractivity contribution is -0.431. The average Bonchev–Trinajstić information content (AvgIpc) is 2.57. The first kappa shape index (κ1) is 23.9. The van der Waals surface area contributed by atoms with Gasteiger partial charge in [-0.05, 0) is 40.0 Å². The topological polar surface area (TPSA) is 27.7 Å². The molecular formula is C21H44O3. The first-order chi connectivity index (χ1) is 11.6. The fraction of sp³-hybridized carbons (Fsp3) is 1.00. The van der Waals surface area contributed by atoms with Gasteiger partial charge in [-0.1, -0.05) is 65.7 Å². The molecule has 0 aromatic carbocycles. The van der Waals surface area contributed by atoms with Crippen molar-refractivity contribution in [2.45, 2.75) is 112 Å². The monoisotopic (exact) mass is 344 g/mol. The van der Waals surface area contributed by atoms with E-state index in [9.17, 15) is 0 Å². The Kier molecular flexibility index (Phi) is 14.0. The zero-order valence-electron chi connectivity index (χ0n) is 17.4. The minimum absolute atomic E-state index is 0.0610. The fourth-order valence-corrected chi connectivity index (χ4v) is 3.88. The molecule has 0 fully saturated rings. The summed E-state index contributed by atoms with van der Waals surface area (Å²) in [6, 6.07) is 0. The van der Waals surface area contributed by atoms with Crippen LogP contribution in [0.15, 0.2) is 0 Å². The number of rotatable bonds is 17. The van der Waals surface area contributed by atoms with Gasteiger partial charge >= 0.3 is 0 Å². The largest absolute Gasteiger partial charge is 0.327 e. The number of ether oxygens (including phenoxy) is 3. The van der Waals surface area contributed by atoms with Crippen LogP contribution < -0.4 is 0 Å². The van der Waals surface area contributed by atoms with Crippen molar-refractivity contribution in [2.24, 2.45) is 5.41 Å². The molecule has 0 rings (SSSR count). The molecule has 0 saturated carbocycles. The van der Waals surface area contributed by atoms with Crippen molar-refractivity contribution in [3.8, 4) is 0 Å². The second-order valence-corrected chi connectivity index (χ2v) is 6.76. The van der Waals surface area contributed by atoms with Crippen LogP contribution in [0.5, 0.6) is 0 Å². The minimum Gasteiger partial charge on any atom is -0.327 e. The summed E-state index contributed by atoms with van der Waals surface area (Å²) in [5.41, 5.74) is -0.0610. The van der Waals surface area contributed by atoms with Gasteiger partial charge in [0.1, 0.15) is 0 Å². The van der Waals surface area contributed by atoms with E-state index in [2.05, 4.69) is 20.8 Å². The molecule has 3 nitrogen and oxygen atoms in total. The molecule has 0 heterocycles. The molecular weight excluding hydrogens is 300 g/mol. The molecule has 0 bridgehead atoms. The molecule has 0 aliphatic heterocycles. The van der Waals surface area contributed by atoms with E-state index in [0.29, 0.717) is 19.8 Å². The van der Waals surface area contributed by atoms with Crippen molar-refractivity contribution >= 4 is 0 Å². The summed E-state index contributed by atoms with van der Waals surface area (Å²) in [5, 5.41) is 0. The Hall–Kier alpha value is -0.120. The van der Waals surface area contributed by atoms with Crippen LogP contribution in [0.4, 0.5) is 0 Å². The lowest BCUT2D eigenvalue weighted by Gasteiger charge is -2.48. The maximum Gasteiger partial charge on any atom is 0.288 e. The second kappa shape index (κ2) is 14.1. The number of unbranched alkanes of at least 4 members (excludes halogenated alkanes) is 5. The summed E-state index contributed by atoms with van der Waals surface area (Å²) < 4.78 is 18.5. The predicted octanol–water partition coefficient (Wildman–Crippen LogP) is 6.70. The smallest absolute Gasteiger partial charge is 0.288 e. The van der Waals surface area contributed by atoms with Crippen LogP contribution in [0.3, 0.4) is 0 Å². The lowest BCUT2D eigenvalue weighted by atomic mass is 9.73. The third-order valence-corrected chi connectivity index (χ3v) is 5.07. The minimum atomic E-state index is -0.889. The SMILES string of the molecule is CCCCCCCCC(CC)(CCC)C(OCC)(OCC)OCC. The highest BCUT2D eigenvalue weighted by atomic mass is 16.9. The van der Waals surface area contributed by atoms with Crippen LogP contribution in [-0.4, -0.2) is 25.8 Å². The summed E-state index contributed by atoms with van der Waals surface area (Å²) in [6.45, 7) is 14.7. The summed E-state index contributed by atoms with van der Waals surface area (Å²) in [5.74, 6) is -0.889. The second-order valence-electron chi connectivity index (χ2n) is 6.76. The van der Waals surface area contributed by atoms with Crippen LogP contribution >= 0.6 is 0 Å². The molecule has 24 heavy (non-hydrogen) atoms. The van der Waals surface area contributed by atoms with Gasteiger partial charge in [0.25, 0.3) is 5.97 Å². The fourth-order valence-electron chi connectivity index (χ4n) is 3.88. The third kappa shape index (κ3) is 7.01. The van der Waals surface area contributed by atoms with Crippen LogP contribution in [0.25, 0.3) is 0 Å². The van der Waals surface area contributed by atoms with Gasteiger partial charge in [-0.3, -0.25) is 0 Å². The van der Waals surface area contributed by atoms with Crippen molar-refractivity contribution in [2.75, 3.05) is 19.8 Å². The molecule has 3 heteroatoms. The maximum absolute atomic E-state index is 6.17. The molecule has 0 radical (unpaired) electrons. The zero-order valence-corrected chi connectivity index (χ0v) is 17.4. The Morgan fingerprint density at radius 3 is 1.46 bits per heavy atom. The Morgan fingerprint density at radius 2 is 1.04 bits per heavy atom. The van der Waals surface area contributed by atoms with Crippen molar-refractivity contribution in [1.82, 2.24) is 0 Å². The third-order valence-electron chi connectivity index (χ3n) is 5.07. The maximum atomic E-state index is 6.17.